The van der Waals surface area contributed by atoms with E-state index < -0.39 is 14.8 Å². The molecule has 0 aliphatic carbocycles. The van der Waals surface area contributed by atoms with E-state index in [9.17, 15) is 18.5 Å². The van der Waals surface area contributed by atoms with Crippen LogP contribution in [0.15, 0.2) is 35.5 Å². The third-order valence-corrected chi connectivity index (χ3v) is 4.95. The first-order valence-electron chi connectivity index (χ1n) is 5.77. The molecule has 0 saturated heterocycles. The topological polar surface area (TPSA) is 90.2 Å². The van der Waals surface area contributed by atoms with Gasteiger partial charge in [-0.15, -0.1) is 11.6 Å². The molecule has 106 valence electrons. The largest absolute Gasteiger partial charge is 0.278 e. The molecule has 2 aromatic rings. The Morgan fingerprint density at radius 3 is 2.65 bits per heavy atom. The van der Waals surface area contributed by atoms with E-state index in [0.29, 0.717) is 11.8 Å². The van der Waals surface area contributed by atoms with Gasteiger partial charge < -0.3 is 0 Å². The van der Waals surface area contributed by atoms with Crippen molar-refractivity contribution in [2.24, 2.45) is 0 Å². The first-order valence-corrected chi connectivity index (χ1v) is 7.96. The first-order chi connectivity index (χ1) is 9.47. The lowest BCUT2D eigenvalue weighted by atomic mass is 10.1. The normalized spacial score (nSPS) is 11.7. The molecular weight excluding hydrogens is 304 g/mol. The van der Waals surface area contributed by atoms with Crippen LogP contribution in [0.25, 0.3) is 10.8 Å². The van der Waals surface area contributed by atoms with E-state index in [1.807, 2.05) is 0 Å². The zero-order valence-electron chi connectivity index (χ0n) is 10.3. The van der Waals surface area contributed by atoms with Crippen LogP contribution < -0.4 is 0 Å². The Hall–Kier alpha value is -1.73. The van der Waals surface area contributed by atoms with E-state index in [4.69, 9.17) is 11.6 Å². The summed E-state index contributed by atoms with van der Waals surface area (Å²) in [5.74, 6) is 0.150. The van der Waals surface area contributed by atoms with Crippen LogP contribution in [0.4, 0.5) is 5.69 Å². The maximum absolute atomic E-state index is 12.2. The molecule has 20 heavy (non-hydrogen) atoms. The van der Waals surface area contributed by atoms with Crippen LogP contribution in [0.2, 0.25) is 0 Å². The summed E-state index contributed by atoms with van der Waals surface area (Å²) in [7, 11) is -3.53. The quantitative estimate of drug-likeness (QED) is 0.480. The molecule has 0 atom stereocenters. The summed E-state index contributed by atoms with van der Waals surface area (Å²) in [4.78, 5) is 14.3. The van der Waals surface area contributed by atoms with Gasteiger partial charge in [0.05, 0.1) is 21.0 Å². The van der Waals surface area contributed by atoms with Crippen molar-refractivity contribution >= 4 is 37.9 Å². The number of halogens is 1. The molecule has 0 radical (unpaired) electrons. The maximum Gasteiger partial charge on any atom is 0.278 e. The number of benzene rings is 1. The molecule has 1 aromatic carbocycles. The molecular formula is C12H11ClN2O4S. The number of hydrogen-bond donors (Lipinski definition) is 0. The molecule has 0 unspecified atom stereocenters. The number of pyridine rings is 1. The highest BCUT2D eigenvalue weighted by Gasteiger charge is 2.21. The number of aromatic nitrogens is 1. The highest BCUT2D eigenvalue weighted by Crippen LogP contribution is 2.30. The number of hydrogen-bond acceptors (Lipinski definition) is 5. The second kappa shape index (κ2) is 5.72. The van der Waals surface area contributed by atoms with Crippen molar-refractivity contribution in [1.29, 1.82) is 0 Å². The van der Waals surface area contributed by atoms with Gasteiger partial charge in [0, 0.05) is 29.7 Å². The van der Waals surface area contributed by atoms with Crippen molar-refractivity contribution in [2.75, 3.05) is 11.6 Å². The average Bonchev–Trinajstić information content (AvgIpc) is 2.43. The minimum Gasteiger partial charge on any atom is -0.264 e. The number of sulfone groups is 1. The minimum absolute atomic E-state index is 0.0746. The highest BCUT2D eigenvalue weighted by atomic mass is 35.5. The van der Waals surface area contributed by atoms with E-state index in [0.717, 1.165) is 0 Å². The molecule has 0 saturated carbocycles. The summed E-state index contributed by atoms with van der Waals surface area (Å²) >= 11 is 5.52. The molecule has 2 rings (SSSR count). The zero-order valence-corrected chi connectivity index (χ0v) is 11.9. The van der Waals surface area contributed by atoms with Gasteiger partial charge >= 0.3 is 0 Å². The molecule has 1 heterocycles. The molecule has 0 N–H and O–H groups in total. The summed E-state index contributed by atoms with van der Waals surface area (Å²) in [6.45, 7) is 0. The number of fused-ring (bicyclic) bond motifs is 1. The van der Waals surface area contributed by atoms with E-state index in [1.54, 1.807) is 0 Å². The summed E-state index contributed by atoms with van der Waals surface area (Å²) in [6.07, 6.45) is 3.04. The van der Waals surface area contributed by atoms with E-state index >= 15 is 0 Å². The summed E-state index contributed by atoms with van der Waals surface area (Å²) < 4.78 is 24.5. The van der Waals surface area contributed by atoms with Crippen molar-refractivity contribution in [3.8, 4) is 0 Å². The second-order valence-electron chi connectivity index (χ2n) is 4.12. The van der Waals surface area contributed by atoms with Crippen LogP contribution in [0.1, 0.15) is 6.42 Å². The Labute approximate surface area is 120 Å². The standard InChI is InChI=1S/C12H11ClN2O4S/c13-5-1-7-20(18,19)12-3-2-11(15(16)17)10-8-14-6-4-9(10)12/h2-4,6,8H,1,5,7H2. The van der Waals surface area contributed by atoms with Crippen molar-refractivity contribution in [3.05, 3.63) is 40.7 Å². The van der Waals surface area contributed by atoms with Crippen LogP contribution in [-0.2, 0) is 9.84 Å². The van der Waals surface area contributed by atoms with Crippen LogP contribution >= 0.6 is 11.6 Å². The van der Waals surface area contributed by atoms with Gasteiger partial charge in [-0.05, 0) is 18.6 Å². The van der Waals surface area contributed by atoms with E-state index in [-0.39, 0.29) is 27.6 Å². The van der Waals surface area contributed by atoms with Gasteiger partial charge in [0.2, 0.25) is 0 Å². The van der Waals surface area contributed by atoms with Gasteiger partial charge in [-0.25, -0.2) is 8.42 Å². The highest BCUT2D eigenvalue weighted by molar-refractivity contribution is 7.91. The van der Waals surface area contributed by atoms with Crippen LogP contribution in [0.3, 0.4) is 0 Å². The molecule has 0 aliphatic rings. The summed E-state index contributed by atoms with van der Waals surface area (Å²) in [5, 5.41) is 11.5. The third-order valence-electron chi connectivity index (χ3n) is 2.83. The van der Waals surface area contributed by atoms with Crippen LogP contribution in [0, 0.1) is 10.1 Å². The SMILES string of the molecule is O=[N+]([O-])c1ccc(S(=O)(=O)CCCCl)c2ccncc12. The van der Waals surface area contributed by atoms with Crippen molar-refractivity contribution in [1.82, 2.24) is 4.98 Å². The van der Waals surface area contributed by atoms with Gasteiger partial charge in [0.25, 0.3) is 5.69 Å². The predicted octanol–water partition coefficient (Wildman–Crippen LogP) is 2.55. The second-order valence-corrected chi connectivity index (χ2v) is 6.58. The zero-order chi connectivity index (χ0) is 14.8. The predicted molar refractivity (Wildman–Crippen MR) is 75.8 cm³/mol. The minimum atomic E-state index is -3.53. The van der Waals surface area contributed by atoms with Gasteiger partial charge in [-0.3, -0.25) is 15.1 Å². The maximum atomic E-state index is 12.2. The lowest BCUT2D eigenvalue weighted by Gasteiger charge is -2.07. The van der Waals surface area contributed by atoms with Crippen molar-refractivity contribution < 1.29 is 13.3 Å². The number of nitro benzene ring substituents is 1. The smallest absolute Gasteiger partial charge is 0.264 e. The lowest BCUT2D eigenvalue weighted by molar-refractivity contribution is -0.383. The fourth-order valence-electron chi connectivity index (χ4n) is 1.93. The number of nitrogens with zero attached hydrogens (tertiary/aromatic N) is 2. The third kappa shape index (κ3) is 2.73. The molecule has 8 heteroatoms. The number of non-ortho nitro benzene ring substituents is 1. The number of rotatable bonds is 5. The molecule has 0 aliphatic heterocycles. The Kier molecular flexibility index (Phi) is 4.20. The van der Waals surface area contributed by atoms with Gasteiger partial charge in [-0.2, -0.15) is 0 Å². The summed E-state index contributed by atoms with van der Waals surface area (Å²) in [5.41, 5.74) is -0.163. The fourth-order valence-corrected chi connectivity index (χ4v) is 3.76. The Bertz CT molecular complexity index is 761. The molecule has 0 bridgehead atoms. The number of alkyl halides is 1. The average molecular weight is 315 g/mol. The Balaban J connectivity index is 2.68. The monoisotopic (exact) mass is 314 g/mol. The molecule has 0 amide bonds. The molecule has 0 spiro atoms. The fraction of sp³-hybridized carbons (Fsp3) is 0.250. The summed E-state index contributed by atoms with van der Waals surface area (Å²) in [6, 6.07) is 3.93. The Morgan fingerprint density at radius 2 is 2.00 bits per heavy atom. The van der Waals surface area contributed by atoms with Gasteiger partial charge in [0.15, 0.2) is 9.84 Å². The van der Waals surface area contributed by atoms with Gasteiger partial charge in [-0.1, -0.05) is 0 Å². The van der Waals surface area contributed by atoms with Crippen LogP contribution in [0.5, 0.6) is 0 Å². The molecule has 0 fully saturated rings. The number of nitro groups is 1. The van der Waals surface area contributed by atoms with E-state index in [1.165, 1.54) is 30.6 Å². The van der Waals surface area contributed by atoms with Crippen molar-refractivity contribution in [2.45, 2.75) is 11.3 Å². The Morgan fingerprint density at radius 1 is 1.25 bits per heavy atom. The van der Waals surface area contributed by atoms with Crippen molar-refractivity contribution in [3.63, 3.8) is 0 Å². The van der Waals surface area contributed by atoms with Gasteiger partial charge in [0.1, 0.15) is 0 Å². The van der Waals surface area contributed by atoms with E-state index in [2.05, 4.69) is 4.98 Å². The molecule has 1 aromatic heterocycles. The van der Waals surface area contributed by atoms with Crippen LogP contribution in [-0.4, -0.2) is 30.0 Å². The lowest BCUT2D eigenvalue weighted by Crippen LogP contribution is -2.08. The molecule has 6 nitrogen and oxygen atoms in total. The first kappa shape index (κ1) is 14.7.